The highest BCUT2D eigenvalue weighted by atomic mass is 16.5. The molecule has 1 aliphatic heterocycles. The first kappa shape index (κ1) is 14.4. The molecule has 1 fully saturated rings. The van der Waals surface area contributed by atoms with E-state index in [9.17, 15) is 4.79 Å². The Balaban J connectivity index is 2.04. The fourth-order valence-corrected chi connectivity index (χ4v) is 2.25. The summed E-state index contributed by atoms with van der Waals surface area (Å²) in [4.78, 5) is 17.5. The van der Waals surface area contributed by atoms with Crippen molar-refractivity contribution in [2.45, 2.75) is 19.4 Å². The number of nitrogen functional groups attached to an aromatic ring is 1. The van der Waals surface area contributed by atoms with Crippen LogP contribution in [-0.4, -0.2) is 48.3 Å². The van der Waals surface area contributed by atoms with Crippen LogP contribution in [0.4, 0.5) is 11.5 Å². The Morgan fingerprint density at radius 3 is 3.15 bits per heavy atom. The molecule has 20 heavy (non-hydrogen) atoms. The Morgan fingerprint density at radius 1 is 1.65 bits per heavy atom. The molecule has 0 spiro atoms. The van der Waals surface area contributed by atoms with Crippen molar-refractivity contribution in [2.75, 3.05) is 36.9 Å². The van der Waals surface area contributed by atoms with E-state index in [0.29, 0.717) is 11.6 Å². The number of hydrogen-bond donors (Lipinski definition) is 3. The van der Waals surface area contributed by atoms with Crippen LogP contribution in [0.25, 0.3) is 0 Å². The van der Waals surface area contributed by atoms with Gasteiger partial charge in [-0.2, -0.15) is 4.98 Å². The number of nitrogens with two attached hydrogens (primary N) is 1. The molecule has 4 N–H and O–H groups in total. The van der Waals surface area contributed by atoms with E-state index in [1.165, 1.54) is 6.92 Å². The predicted octanol–water partition coefficient (Wildman–Crippen LogP) is -0.250. The number of nitrogens with one attached hydrogen (secondary N) is 1. The SMILES string of the molecule is CC(=O)NC1CCN(c2ccc(N)c(OCCO)n2)C1. The van der Waals surface area contributed by atoms with Gasteiger partial charge in [-0.1, -0.05) is 0 Å². The molecule has 1 atom stereocenters. The van der Waals surface area contributed by atoms with E-state index in [2.05, 4.69) is 15.2 Å². The number of aliphatic hydroxyl groups excluding tert-OH is 1. The summed E-state index contributed by atoms with van der Waals surface area (Å²) in [7, 11) is 0. The molecule has 2 rings (SSSR count). The lowest BCUT2D eigenvalue weighted by Gasteiger charge is -2.19. The van der Waals surface area contributed by atoms with Crippen LogP contribution in [0.3, 0.4) is 0 Å². The zero-order chi connectivity index (χ0) is 14.5. The minimum Gasteiger partial charge on any atom is -0.474 e. The maximum absolute atomic E-state index is 11.1. The quantitative estimate of drug-likeness (QED) is 0.687. The van der Waals surface area contributed by atoms with Crippen LogP contribution in [0, 0.1) is 0 Å². The van der Waals surface area contributed by atoms with Crippen molar-refractivity contribution in [2.24, 2.45) is 0 Å². The van der Waals surface area contributed by atoms with Crippen molar-refractivity contribution < 1.29 is 14.6 Å². The van der Waals surface area contributed by atoms with Gasteiger partial charge in [-0.3, -0.25) is 4.79 Å². The minimum absolute atomic E-state index is 0.0194. The summed E-state index contributed by atoms with van der Waals surface area (Å²) in [5, 5.41) is 11.7. The number of nitrogens with zero attached hydrogens (tertiary/aromatic N) is 2. The first-order valence-electron chi connectivity index (χ1n) is 6.62. The third-order valence-corrected chi connectivity index (χ3v) is 3.12. The Kier molecular flexibility index (Phi) is 4.62. The number of carbonyl (C=O) groups excluding carboxylic acids is 1. The van der Waals surface area contributed by atoms with Crippen molar-refractivity contribution in [3.63, 3.8) is 0 Å². The minimum atomic E-state index is -0.0837. The molecule has 110 valence electrons. The van der Waals surface area contributed by atoms with Crippen molar-refractivity contribution in [3.05, 3.63) is 12.1 Å². The first-order valence-corrected chi connectivity index (χ1v) is 6.62. The normalized spacial score (nSPS) is 18.1. The largest absolute Gasteiger partial charge is 0.474 e. The molecule has 0 aromatic carbocycles. The number of aliphatic hydroxyl groups is 1. The van der Waals surface area contributed by atoms with Crippen molar-refractivity contribution in [1.29, 1.82) is 0 Å². The zero-order valence-electron chi connectivity index (χ0n) is 11.5. The van der Waals surface area contributed by atoms with Gasteiger partial charge in [0, 0.05) is 26.1 Å². The Morgan fingerprint density at radius 2 is 2.45 bits per heavy atom. The lowest BCUT2D eigenvalue weighted by Crippen LogP contribution is -2.35. The summed E-state index contributed by atoms with van der Waals surface area (Å²) >= 11 is 0. The van der Waals surface area contributed by atoms with E-state index in [1.807, 2.05) is 6.07 Å². The van der Waals surface area contributed by atoms with Gasteiger partial charge in [0.1, 0.15) is 12.4 Å². The Bertz CT molecular complexity index is 481. The highest BCUT2D eigenvalue weighted by Gasteiger charge is 2.24. The summed E-state index contributed by atoms with van der Waals surface area (Å²) in [6, 6.07) is 3.71. The summed E-state index contributed by atoms with van der Waals surface area (Å²) in [6.45, 7) is 3.14. The summed E-state index contributed by atoms with van der Waals surface area (Å²) < 4.78 is 5.30. The number of aromatic nitrogens is 1. The number of amides is 1. The fourth-order valence-electron chi connectivity index (χ4n) is 2.25. The van der Waals surface area contributed by atoms with Gasteiger partial charge in [0.25, 0.3) is 0 Å². The van der Waals surface area contributed by atoms with Gasteiger partial charge in [0.15, 0.2) is 0 Å². The highest BCUT2D eigenvalue weighted by molar-refractivity contribution is 5.73. The van der Waals surface area contributed by atoms with E-state index in [4.69, 9.17) is 15.6 Å². The highest BCUT2D eigenvalue weighted by Crippen LogP contribution is 2.25. The summed E-state index contributed by atoms with van der Waals surface area (Å²) in [5.74, 6) is 1.08. The van der Waals surface area contributed by atoms with E-state index in [-0.39, 0.29) is 25.2 Å². The van der Waals surface area contributed by atoms with Gasteiger partial charge in [0.05, 0.1) is 12.3 Å². The lowest BCUT2D eigenvalue weighted by molar-refractivity contribution is -0.119. The zero-order valence-corrected chi connectivity index (χ0v) is 11.5. The van der Waals surface area contributed by atoms with Gasteiger partial charge < -0.3 is 25.8 Å². The predicted molar refractivity (Wildman–Crippen MR) is 75.7 cm³/mol. The van der Waals surface area contributed by atoms with Crippen LogP contribution >= 0.6 is 0 Å². The number of pyridine rings is 1. The molecule has 1 aromatic rings. The van der Waals surface area contributed by atoms with Crippen LogP contribution in [0.5, 0.6) is 5.88 Å². The average Bonchev–Trinajstić information content (AvgIpc) is 2.85. The summed E-state index contributed by atoms with van der Waals surface area (Å²) in [5.41, 5.74) is 6.22. The number of carbonyl (C=O) groups is 1. The molecular weight excluding hydrogens is 260 g/mol. The molecule has 1 aromatic heterocycles. The summed E-state index contributed by atoms with van der Waals surface area (Å²) in [6.07, 6.45) is 0.887. The van der Waals surface area contributed by atoms with Gasteiger partial charge in [-0.05, 0) is 18.6 Å². The van der Waals surface area contributed by atoms with Crippen LogP contribution in [0.1, 0.15) is 13.3 Å². The standard InChI is InChI=1S/C13H20N4O3/c1-9(19)15-10-4-5-17(8-10)12-3-2-11(14)13(16-12)20-7-6-18/h2-3,10,18H,4-8,14H2,1H3,(H,15,19). The molecule has 0 aliphatic carbocycles. The second-order valence-corrected chi connectivity index (χ2v) is 4.77. The monoisotopic (exact) mass is 280 g/mol. The second-order valence-electron chi connectivity index (χ2n) is 4.77. The molecule has 1 aliphatic rings. The van der Waals surface area contributed by atoms with Gasteiger partial charge in [0.2, 0.25) is 11.8 Å². The van der Waals surface area contributed by atoms with Gasteiger partial charge in [-0.15, -0.1) is 0 Å². The lowest BCUT2D eigenvalue weighted by atomic mass is 10.2. The van der Waals surface area contributed by atoms with Crippen LogP contribution in [-0.2, 0) is 4.79 Å². The van der Waals surface area contributed by atoms with E-state index < -0.39 is 0 Å². The van der Waals surface area contributed by atoms with Crippen molar-refractivity contribution >= 4 is 17.4 Å². The molecule has 7 nitrogen and oxygen atoms in total. The van der Waals surface area contributed by atoms with E-state index >= 15 is 0 Å². The molecule has 0 bridgehead atoms. The second kappa shape index (κ2) is 6.42. The number of rotatable bonds is 5. The average molecular weight is 280 g/mol. The van der Waals surface area contributed by atoms with Crippen molar-refractivity contribution in [1.82, 2.24) is 10.3 Å². The maximum atomic E-state index is 11.1. The van der Waals surface area contributed by atoms with Crippen LogP contribution < -0.4 is 20.7 Å². The third kappa shape index (κ3) is 3.51. The number of anilines is 2. The molecule has 7 heteroatoms. The van der Waals surface area contributed by atoms with Gasteiger partial charge in [-0.25, -0.2) is 0 Å². The van der Waals surface area contributed by atoms with Gasteiger partial charge >= 0.3 is 0 Å². The van der Waals surface area contributed by atoms with Crippen LogP contribution in [0.2, 0.25) is 0 Å². The molecule has 0 saturated carbocycles. The number of hydrogen-bond acceptors (Lipinski definition) is 6. The molecule has 1 unspecified atom stereocenters. The van der Waals surface area contributed by atoms with Crippen molar-refractivity contribution in [3.8, 4) is 5.88 Å². The maximum Gasteiger partial charge on any atom is 0.239 e. The topological polar surface area (TPSA) is 101 Å². The Hall–Kier alpha value is -2.02. The van der Waals surface area contributed by atoms with Crippen LogP contribution in [0.15, 0.2) is 12.1 Å². The third-order valence-electron chi connectivity index (χ3n) is 3.12. The molecule has 1 amide bonds. The van der Waals surface area contributed by atoms with E-state index in [0.717, 1.165) is 25.3 Å². The molecule has 2 heterocycles. The van der Waals surface area contributed by atoms with E-state index in [1.54, 1.807) is 6.07 Å². The molecular formula is C13H20N4O3. The molecule has 0 radical (unpaired) electrons. The number of ether oxygens (including phenoxy) is 1. The molecule has 1 saturated heterocycles. The smallest absolute Gasteiger partial charge is 0.239 e. The Labute approximate surface area is 117 Å². The first-order chi connectivity index (χ1) is 9.60. The fraction of sp³-hybridized carbons (Fsp3) is 0.538.